The highest BCUT2D eigenvalue weighted by Gasteiger charge is 2.44. The summed E-state index contributed by atoms with van der Waals surface area (Å²) in [6.45, 7) is 5.89. The van der Waals surface area contributed by atoms with Gasteiger partial charge in [-0.3, -0.25) is 4.57 Å². The predicted molar refractivity (Wildman–Crippen MR) is 113 cm³/mol. The molecule has 4 atom stereocenters. The van der Waals surface area contributed by atoms with Crippen LogP contribution in [-0.4, -0.2) is 67.9 Å². The molecule has 1 saturated heterocycles. The molecule has 3 N–H and O–H groups in total. The first-order chi connectivity index (χ1) is 14.9. The van der Waals surface area contributed by atoms with Crippen molar-refractivity contribution in [3.8, 4) is 5.75 Å². The zero-order valence-electron chi connectivity index (χ0n) is 17.9. The fourth-order valence-electron chi connectivity index (χ4n) is 3.59. The third kappa shape index (κ3) is 4.33. The standard InChI is InChI=1S/C21H27N5O5/c1-11(2)30-14-7-5-13(6-8-14)25-19-16-20(24-12(3)23-19)26(10-22-16)21-18(28)17(27)15(31-21)9-29-4/h5-8,10-11,15,17-18,21,27-28H,9H2,1-4H3,(H,23,24,25)/t15-,17-,18-,21-/m1/s1. The summed E-state index contributed by atoms with van der Waals surface area (Å²) in [4.78, 5) is 13.4. The van der Waals surface area contributed by atoms with Gasteiger partial charge in [-0.25, -0.2) is 15.0 Å². The van der Waals surface area contributed by atoms with Gasteiger partial charge in [-0.2, -0.15) is 0 Å². The van der Waals surface area contributed by atoms with Gasteiger partial charge in [0.2, 0.25) is 0 Å². The van der Waals surface area contributed by atoms with E-state index in [1.807, 2.05) is 38.1 Å². The van der Waals surface area contributed by atoms with Gasteiger partial charge in [0.05, 0.1) is 19.0 Å². The van der Waals surface area contributed by atoms with Crippen LogP contribution in [0.3, 0.4) is 0 Å². The molecule has 10 nitrogen and oxygen atoms in total. The number of aromatic nitrogens is 4. The number of ether oxygens (including phenoxy) is 3. The lowest BCUT2D eigenvalue weighted by Crippen LogP contribution is -2.33. The molecule has 3 heterocycles. The Kier molecular flexibility index (Phi) is 6.05. The molecule has 31 heavy (non-hydrogen) atoms. The van der Waals surface area contributed by atoms with Crippen molar-refractivity contribution in [2.75, 3.05) is 19.0 Å². The van der Waals surface area contributed by atoms with E-state index in [9.17, 15) is 10.2 Å². The van der Waals surface area contributed by atoms with Crippen molar-refractivity contribution < 1.29 is 24.4 Å². The Labute approximate surface area is 179 Å². The highest BCUT2D eigenvalue weighted by molar-refractivity contribution is 5.85. The van der Waals surface area contributed by atoms with E-state index in [4.69, 9.17) is 14.2 Å². The van der Waals surface area contributed by atoms with Crippen LogP contribution in [0.5, 0.6) is 5.75 Å². The van der Waals surface area contributed by atoms with Gasteiger partial charge in [0, 0.05) is 12.8 Å². The maximum absolute atomic E-state index is 10.5. The predicted octanol–water partition coefficient (Wildman–Crippen LogP) is 1.93. The van der Waals surface area contributed by atoms with Crippen LogP contribution < -0.4 is 10.1 Å². The minimum absolute atomic E-state index is 0.0991. The molecule has 1 aliphatic heterocycles. The maximum Gasteiger partial charge on any atom is 0.167 e. The summed E-state index contributed by atoms with van der Waals surface area (Å²) in [7, 11) is 1.51. The van der Waals surface area contributed by atoms with Gasteiger partial charge < -0.3 is 29.7 Å². The number of benzene rings is 1. The van der Waals surface area contributed by atoms with Crippen molar-refractivity contribution in [1.29, 1.82) is 0 Å². The Balaban J connectivity index is 1.63. The minimum atomic E-state index is -1.14. The fourth-order valence-corrected chi connectivity index (χ4v) is 3.59. The van der Waals surface area contributed by atoms with Gasteiger partial charge >= 0.3 is 0 Å². The second-order valence-electron chi connectivity index (χ2n) is 7.76. The molecule has 3 aromatic rings. The van der Waals surface area contributed by atoms with Gasteiger partial charge in [-0.1, -0.05) is 0 Å². The van der Waals surface area contributed by atoms with Crippen LogP contribution in [0.25, 0.3) is 11.2 Å². The number of rotatable bonds is 7. The minimum Gasteiger partial charge on any atom is -0.491 e. The third-order valence-corrected chi connectivity index (χ3v) is 4.96. The SMILES string of the molecule is COC[C@H]1O[C@@H](n2cnc3c(Nc4ccc(OC(C)C)cc4)nc(C)nc32)[C@H](O)[C@@H]1O. The van der Waals surface area contributed by atoms with Crippen LogP contribution in [0.1, 0.15) is 25.9 Å². The zero-order chi connectivity index (χ0) is 22.1. The van der Waals surface area contributed by atoms with Crippen molar-refractivity contribution in [2.24, 2.45) is 0 Å². The normalized spacial score (nSPS) is 23.6. The van der Waals surface area contributed by atoms with Crippen LogP contribution in [0.4, 0.5) is 11.5 Å². The second kappa shape index (κ2) is 8.75. The van der Waals surface area contributed by atoms with Gasteiger partial charge in [0.25, 0.3) is 0 Å². The van der Waals surface area contributed by atoms with E-state index in [1.165, 1.54) is 13.4 Å². The zero-order valence-corrected chi connectivity index (χ0v) is 17.9. The molecule has 0 bridgehead atoms. The molecule has 1 aromatic carbocycles. The summed E-state index contributed by atoms with van der Waals surface area (Å²) in [5, 5.41) is 24.0. The van der Waals surface area contributed by atoms with Crippen LogP contribution in [0.2, 0.25) is 0 Å². The number of nitrogens with one attached hydrogen (secondary N) is 1. The third-order valence-electron chi connectivity index (χ3n) is 4.96. The van der Waals surface area contributed by atoms with Crippen molar-refractivity contribution in [3.63, 3.8) is 0 Å². The Morgan fingerprint density at radius 2 is 1.90 bits per heavy atom. The molecular formula is C21H27N5O5. The monoisotopic (exact) mass is 429 g/mol. The molecule has 0 unspecified atom stereocenters. The number of nitrogens with zero attached hydrogens (tertiary/aromatic N) is 4. The molecule has 0 aliphatic carbocycles. The van der Waals surface area contributed by atoms with Crippen LogP contribution in [0.15, 0.2) is 30.6 Å². The summed E-state index contributed by atoms with van der Waals surface area (Å²) < 4.78 is 18.2. The molecule has 1 aliphatic rings. The van der Waals surface area contributed by atoms with Crippen molar-refractivity contribution >= 4 is 22.7 Å². The highest BCUT2D eigenvalue weighted by atomic mass is 16.6. The summed E-state index contributed by atoms with van der Waals surface area (Å²) >= 11 is 0. The van der Waals surface area contributed by atoms with Crippen molar-refractivity contribution in [1.82, 2.24) is 19.5 Å². The lowest BCUT2D eigenvalue weighted by molar-refractivity contribution is -0.0580. The van der Waals surface area contributed by atoms with Crippen LogP contribution in [-0.2, 0) is 9.47 Å². The number of hydrogen-bond donors (Lipinski definition) is 3. The first kappa shape index (κ1) is 21.4. The quantitative estimate of drug-likeness (QED) is 0.517. The summed E-state index contributed by atoms with van der Waals surface area (Å²) in [6.07, 6.45) is -2.07. The number of imidazole rings is 1. The number of aliphatic hydroxyl groups excluding tert-OH is 2. The molecule has 0 spiro atoms. The maximum atomic E-state index is 10.5. The fraction of sp³-hybridized carbons (Fsp3) is 0.476. The molecule has 0 saturated carbocycles. The average Bonchev–Trinajstić information content (AvgIpc) is 3.25. The topological polar surface area (TPSA) is 124 Å². The van der Waals surface area contributed by atoms with Gasteiger partial charge in [0.1, 0.15) is 29.9 Å². The molecule has 0 amide bonds. The first-order valence-electron chi connectivity index (χ1n) is 10.1. The Morgan fingerprint density at radius 3 is 2.58 bits per heavy atom. The second-order valence-corrected chi connectivity index (χ2v) is 7.76. The van der Waals surface area contributed by atoms with Crippen LogP contribution in [0, 0.1) is 6.92 Å². The number of anilines is 2. The van der Waals surface area contributed by atoms with Gasteiger partial charge in [-0.05, 0) is 45.0 Å². The van der Waals surface area contributed by atoms with E-state index >= 15 is 0 Å². The average molecular weight is 429 g/mol. The van der Waals surface area contributed by atoms with Gasteiger partial charge in [-0.15, -0.1) is 0 Å². The van der Waals surface area contributed by atoms with Crippen molar-refractivity contribution in [3.05, 3.63) is 36.4 Å². The van der Waals surface area contributed by atoms with Gasteiger partial charge in [0.15, 0.2) is 23.2 Å². The lowest BCUT2D eigenvalue weighted by atomic mass is 10.1. The Hall–Kier alpha value is -2.79. The number of fused-ring (bicyclic) bond motifs is 1. The molecular weight excluding hydrogens is 402 g/mol. The van der Waals surface area contributed by atoms with E-state index in [2.05, 4.69) is 20.3 Å². The Morgan fingerprint density at radius 1 is 1.16 bits per heavy atom. The molecule has 10 heteroatoms. The summed E-state index contributed by atoms with van der Waals surface area (Å²) in [5.74, 6) is 1.84. The number of aliphatic hydroxyl groups is 2. The Bertz CT molecular complexity index is 1040. The van der Waals surface area contributed by atoms with E-state index in [1.54, 1.807) is 11.5 Å². The summed E-state index contributed by atoms with van der Waals surface area (Å²) in [6, 6.07) is 7.56. The lowest BCUT2D eigenvalue weighted by Gasteiger charge is -2.17. The largest absolute Gasteiger partial charge is 0.491 e. The molecule has 4 rings (SSSR count). The van der Waals surface area contributed by atoms with E-state index in [0.717, 1.165) is 11.4 Å². The first-order valence-corrected chi connectivity index (χ1v) is 10.1. The van der Waals surface area contributed by atoms with E-state index < -0.39 is 24.5 Å². The van der Waals surface area contributed by atoms with E-state index in [-0.39, 0.29) is 12.7 Å². The molecule has 1 fully saturated rings. The smallest absolute Gasteiger partial charge is 0.167 e. The number of hydrogen-bond acceptors (Lipinski definition) is 9. The molecule has 0 radical (unpaired) electrons. The number of methoxy groups -OCH3 is 1. The highest BCUT2D eigenvalue weighted by Crippen LogP contribution is 2.33. The molecule has 166 valence electrons. The van der Waals surface area contributed by atoms with Crippen molar-refractivity contribution in [2.45, 2.75) is 51.4 Å². The van der Waals surface area contributed by atoms with Crippen LogP contribution >= 0.6 is 0 Å². The van der Waals surface area contributed by atoms with E-state index in [0.29, 0.717) is 22.8 Å². The molecule has 2 aromatic heterocycles. The number of aryl methyl sites for hydroxylation is 1. The summed E-state index contributed by atoms with van der Waals surface area (Å²) in [5.41, 5.74) is 1.83.